The number of halogens is 2. The SMILES string of the molecule is CC(C)CN=C(N)NCCc1ccc(Cl)nc1.I. The number of pyridine rings is 1. The number of hydrogen-bond donors (Lipinski definition) is 2. The zero-order valence-electron chi connectivity index (χ0n) is 10.7. The van der Waals surface area contributed by atoms with Crippen molar-refractivity contribution in [2.45, 2.75) is 20.3 Å². The molecule has 18 heavy (non-hydrogen) atoms. The van der Waals surface area contributed by atoms with Gasteiger partial charge in [-0.25, -0.2) is 4.98 Å². The number of aromatic nitrogens is 1. The molecule has 0 bridgehead atoms. The molecule has 0 atom stereocenters. The molecular weight excluding hydrogens is 363 g/mol. The van der Waals surface area contributed by atoms with Crippen molar-refractivity contribution in [3.63, 3.8) is 0 Å². The molecule has 102 valence electrons. The van der Waals surface area contributed by atoms with Crippen molar-refractivity contribution in [2.75, 3.05) is 13.1 Å². The summed E-state index contributed by atoms with van der Waals surface area (Å²) in [5.74, 6) is 1.02. The first kappa shape index (κ1) is 17.4. The molecule has 4 nitrogen and oxygen atoms in total. The number of aliphatic imine (C=N–C) groups is 1. The maximum atomic E-state index is 5.71. The van der Waals surface area contributed by atoms with Crippen molar-refractivity contribution in [3.05, 3.63) is 29.0 Å². The lowest BCUT2D eigenvalue weighted by molar-refractivity contribution is 0.661. The maximum absolute atomic E-state index is 5.71. The van der Waals surface area contributed by atoms with Gasteiger partial charge in [0, 0.05) is 19.3 Å². The standard InChI is InChI=1S/C12H19ClN4.HI/c1-9(2)7-17-12(14)15-6-5-10-3-4-11(13)16-8-10;/h3-4,8-9H,5-7H2,1-2H3,(H3,14,15,17);1H. The molecule has 0 spiro atoms. The first-order valence-electron chi connectivity index (χ1n) is 5.72. The highest BCUT2D eigenvalue weighted by Gasteiger charge is 1.96. The summed E-state index contributed by atoms with van der Waals surface area (Å²) in [6.07, 6.45) is 2.62. The highest BCUT2D eigenvalue weighted by Crippen LogP contribution is 2.05. The Hall–Kier alpha value is -0.560. The van der Waals surface area contributed by atoms with Crippen molar-refractivity contribution < 1.29 is 0 Å². The largest absolute Gasteiger partial charge is 0.370 e. The van der Waals surface area contributed by atoms with Crippen molar-refractivity contribution >= 4 is 41.5 Å². The van der Waals surface area contributed by atoms with Crippen LogP contribution in [0.4, 0.5) is 0 Å². The van der Waals surface area contributed by atoms with Gasteiger partial charge in [-0.05, 0) is 24.0 Å². The summed E-state index contributed by atoms with van der Waals surface area (Å²) < 4.78 is 0. The molecule has 0 aliphatic carbocycles. The predicted octanol–water partition coefficient (Wildman–Crippen LogP) is 2.46. The summed E-state index contributed by atoms with van der Waals surface area (Å²) in [5, 5.41) is 3.58. The predicted molar refractivity (Wildman–Crippen MR) is 87.7 cm³/mol. The fourth-order valence-corrected chi connectivity index (χ4v) is 1.34. The Kier molecular flexibility index (Phi) is 9.09. The van der Waals surface area contributed by atoms with Gasteiger partial charge in [0.25, 0.3) is 0 Å². The van der Waals surface area contributed by atoms with E-state index < -0.39 is 0 Å². The lowest BCUT2D eigenvalue weighted by atomic mass is 10.2. The Balaban J connectivity index is 0.00000289. The van der Waals surface area contributed by atoms with Crippen LogP contribution in [0.25, 0.3) is 0 Å². The number of nitrogens with one attached hydrogen (secondary N) is 1. The summed E-state index contributed by atoms with van der Waals surface area (Å²) in [7, 11) is 0. The lowest BCUT2D eigenvalue weighted by Gasteiger charge is -2.06. The van der Waals surface area contributed by atoms with Gasteiger partial charge in [-0.1, -0.05) is 31.5 Å². The minimum atomic E-state index is 0. The quantitative estimate of drug-likeness (QED) is 0.356. The second kappa shape index (κ2) is 9.38. The van der Waals surface area contributed by atoms with Gasteiger partial charge in [-0.2, -0.15) is 0 Å². The molecule has 0 aromatic carbocycles. The van der Waals surface area contributed by atoms with Gasteiger partial charge in [-0.15, -0.1) is 24.0 Å². The molecule has 1 aromatic rings. The molecule has 3 N–H and O–H groups in total. The van der Waals surface area contributed by atoms with Crippen LogP contribution in [-0.2, 0) is 6.42 Å². The van der Waals surface area contributed by atoms with Gasteiger partial charge < -0.3 is 11.1 Å². The maximum Gasteiger partial charge on any atom is 0.188 e. The van der Waals surface area contributed by atoms with Gasteiger partial charge in [0.2, 0.25) is 0 Å². The molecule has 0 aliphatic rings. The summed E-state index contributed by atoms with van der Waals surface area (Å²) in [6, 6.07) is 3.74. The van der Waals surface area contributed by atoms with E-state index in [0.29, 0.717) is 17.0 Å². The van der Waals surface area contributed by atoms with Crippen LogP contribution < -0.4 is 11.1 Å². The minimum absolute atomic E-state index is 0. The van der Waals surface area contributed by atoms with Gasteiger partial charge in [0.05, 0.1) is 0 Å². The smallest absolute Gasteiger partial charge is 0.188 e. The number of nitrogens with zero attached hydrogens (tertiary/aromatic N) is 2. The third-order valence-corrected chi connectivity index (χ3v) is 2.36. The molecule has 0 unspecified atom stereocenters. The first-order chi connectivity index (χ1) is 8.08. The van der Waals surface area contributed by atoms with E-state index in [4.69, 9.17) is 17.3 Å². The van der Waals surface area contributed by atoms with Crippen molar-refractivity contribution in [1.82, 2.24) is 10.3 Å². The topological polar surface area (TPSA) is 63.3 Å². The Labute approximate surface area is 130 Å². The summed E-state index contributed by atoms with van der Waals surface area (Å²) in [4.78, 5) is 8.23. The molecule has 0 aliphatic heterocycles. The van der Waals surface area contributed by atoms with Crippen LogP contribution >= 0.6 is 35.6 Å². The Morgan fingerprint density at radius 1 is 1.50 bits per heavy atom. The normalized spacial score (nSPS) is 11.2. The van der Waals surface area contributed by atoms with Crippen LogP contribution in [0.3, 0.4) is 0 Å². The van der Waals surface area contributed by atoms with Crippen molar-refractivity contribution in [3.8, 4) is 0 Å². The van der Waals surface area contributed by atoms with Gasteiger partial charge >= 0.3 is 0 Å². The molecule has 1 aromatic heterocycles. The van der Waals surface area contributed by atoms with Gasteiger partial charge in [0.1, 0.15) is 5.15 Å². The molecule has 0 saturated heterocycles. The minimum Gasteiger partial charge on any atom is -0.370 e. The van der Waals surface area contributed by atoms with Crippen LogP contribution in [0.5, 0.6) is 0 Å². The number of nitrogens with two attached hydrogens (primary N) is 1. The van der Waals surface area contributed by atoms with E-state index in [-0.39, 0.29) is 24.0 Å². The van der Waals surface area contributed by atoms with E-state index in [1.807, 2.05) is 6.07 Å². The number of guanidine groups is 1. The highest BCUT2D eigenvalue weighted by molar-refractivity contribution is 14.0. The molecule has 0 amide bonds. The van der Waals surface area contributed by atoms with Crippen molar-refractivity contribution in [1.29, 1.82) is 0 Å². The number of hydrogen-bond acceptors (Lipinski definition) is 2. The number of rotatable bonds is 5. The molecule has 0 radical (unpaired) electrons. The van der Waals surface area contributed by atoms with Crippen LogP contribution in [0, 0.1) is 5.92 Å². The van der Waals surface area contributed by atoms with E-state index in [1.54, 1.807) is 12.3 Å². The molecule has 1 rings (SSSR count). The summed E-state index contributed by atoms with van der Waals surface area (Å²) >= 11 is 5.70. The average Bonchev–Trinajstić information content (AvgIpc) is 2.29. The van der Waals surface area contributed by atoms with Gasteiger partial charge in [0.15, 0.2) is 5.96 Å². The zero-order valence-corrected chi connectivity index (χ0v) is 13.8. The monoisotopic (exact) mass is 382 g/mol. The van der Waals surface area contributed by atoms with Gasteiger partial charge in [-0.3, -0.25) is 4.99 Å². The van der Waals surface area contributed by atoms with E-state index in [9.17, 15) is 0 Å². The average molecular weight is 383 g/mol. The highest BCUT2D eigenvalue weighted by atomic mass is 127. The first-order valence-corrected chi connectivity index (χ1v) is 6.10. The Morgan fingerprint density at radius 2 is 2.22 bits per heavy atom. The van der Waals surface area contributed by atoms with Crippen LogP contribution in [0.2, 0.25) is 5.15 Å². The molecular formula is C12H20ClIN4. The fraction of sp³-hybridized carbons (Fsp3) is 0.500. The molecule has 0 saturated carbocycles. The Morgan fingerprint density at radius 3 is 2.78 bits per heavy atom. The van der Waals surface area contributed by atoms with Crippen molar-refractivity contribution in [2.24, 2.45) is 16.6 Å². The second-order valence-electron chi connectivity index (χ2n) is 4.29. The zero-order chi connectivity index (χ0) is 12.7. The fourth-order valence-electron chi connectivity index (χ4n) is 1.23. The van der Waals surface area contributed by atoms with E-state index in [1.165, 1.54) is 0 Å². The molecule has 1 heterocycles. The summed E-state index contributed by atoms with van der Waals surface area (Å²) in [5.41, 5.74) is 6.84. The second-order valence-corrected chi connectivity index (χ2v) is 4.67. The molecule has 0 fully saturated rings. The van der Waals surface area contributed by atoms with E-state index in [0.717, 1.165) is 25.1 Å². The van der Waals surface area contributed by atoms with Crippen LogP contribution in [0.15, 0.2) is 23.3 Å². The van der Waals surface area contributed by atoms with E-state index in [2.05, 4.69) is 29.1 Å². The third kappa shape index (κ3) is 7.71. The lowest BCUT2D eigenvalue weighted by Crippen LogP contribution is -2.33. The summed E-state index contributed by atoms with van der Waals surface area (Å²) in [6.45, 7) is 5.71. The van der Waals surface area contributed by atoms with E-state index >= 15 is 0 Å². The molecule has 6 heteroatoms. The van der Waals surface area contributed by atoms with Crippen LogP contribution in [0.1, 0.15) is 19.4 Å². The van der Waals surface area contributed by atoms with Crippen LogP contribution in [-0.4, -0.2) is 24.0 Å². The Bertz CT molecular complexity index is 365. The third-order valence-electron chi connectivity index (χ3n) is 2.14.